The van der Waals surface area contributed by atoms with Gasteiger partial charge in [0.15, 0.2) is 0 Å². The van der Waals surface area contributed by atoms with Gasteiger partial charge in [0.1, 0.15) is 0 Å². The van der Waals surface area contributed by atoms with Crippen LogP contribution >= 0.6 is 0 Å². The van der Waals surface area contributed by atoms with Crippen molar-refractivity contribution in [3.8, 4) is 0 Å². The summed E-state index contributed by atoms with van der Waals surface area (Å²) in [7, 11) is 0. The van der Waals surface area contributed by atoms with E-state index >= 15 is 0 Å². The highest BCUT2D eigenvalue weighted by atomic mass is 16.5. The third-order valence-corrected chi connectivity index (χ3v) is 1.55. The number of hydrogen-bond donors (Lipinski definition) is 0. The lowest BCUT2D eigenvalue weighted by atomic mass is 10.2. The average Bonchev–Trinajstić information content (AvgIpc) is 2.20. The van der Waals surface area contributed by atoms with Gasteiger partial charge in [-0.1, -0.05) is 36.4 Å². The van der Waals surface area contributed by atoms with E-state index in [0.29, 0.717) is 0 Å². The number of ether oxygens (including phenoxy) is 1. The van der Waals surface area contributed by atoms with Crippen LogP contribution in [0.25, 0.3) is 6.08 Å². The summed E-state index contributed by atoms with van der Waals surface area (Å²) in [5, 5.41) is 0. The van der Waals surface area contributed by atoms with E-state index < -0.39 is 0 Å². The van der Waals surface area contributed by atoms with Crippen molar-refractivity contribution in [1.29, 1.82) is 0 Å². The lowest BCUT2D eigenvalue weighted by Gasteiger charge is -1.92. The molecular formula is C12H12O2. The molecule has 0 aliphatic rings. The van der Waals surface area contributed by atoms with E-state index in [1.54, 1.807) is 19.1 Å². The van der Waals surface area contributed by atoms with E-state index in [1.807, 2.05) is 30.3 Å². The maximum atomic E-state index is 10.9. The number of carbonyl (C=O) groups excluding carboxylic acids is 1. The number of rotatable bonds is 3. The normalized spacial score (nSPS) is 10.9. The van der Waals surface area contributed by atoms with Crippen molar-refractivity contribution in [2.24, 2.45) is 0 Å². The molecule has 0 aliphatic heterocycles. The van der Waals surface area contributed by atoms with Crippen LogP contribution in [0.1, 0.15) is 12.5 Å². The molecule has 0 amide bonds. The third kappa shape index (κ3) is 3.72. The Labute approximate surface area is 83.5 Å². The highest BCUT2D eigenvalue weighted by Crippen LogP contribution is 2.00. The minimum absolute atomic E-state index is 0.361. The minimum Gasteiger partial charge on any atom is -0.431 e. The van der Waals surface area contributed by atoms with Gasteiger partial charge < -0.3 is 4.74 Å². The third-order valence-electron chi connectivity index (χ3n) is 1.55. The van der Waals surface area contributed by atoms with Crippen molar-refractivity contribution in [1.82, 2.24) is 0 Å². The molecule has 0 aliphatic carbocycles. The molecule has 0 saturated carbocycles. The van der Waals surface area contributed by atoms with Gasteiger partial charge >= 0.3 is 5.97 Å². The number of esters is 1. The van der Waals surface area contributed by atoms with E-state index in [0.717, 1.165) is 5.56 Å². The van der Waals surface area contributed by atoms with Crippen LogP contribution in [-0.2, 0) is 9.53 Å². The van der Waals surface area contributed by atoms with E-state index in [4.69, 9.17) is 4.74 Å². The molecule has 0 atom stereocenters. The van der Waals surface area contributed by atoms with Gasteiger partial charge in [0.2, 0.25) is 0 Å². The van der Waals surface area contributed by atoms with Gasteiger partial charge in [-0.05, 0) is 18.6 Å². The SMILES string of the molecule is C/C=C/C(=O)O/C=C\c1ccccc1. The first-order chi connectivity index (χ1) is 6.83. The highest BCUT2D eigenvalue weighted by molar-refractivity contribution is 5.82. The Kier molecular flexibility index (Phi) is 4.21. The highest BCUT2D eigenvalue weighted by Gasteiger charge is 1.90. The molecule has 0 bridgehead atoms. The zero-order chi connectivity index (χ0) is 10.2. The Morgan fingerprint density at radius 1 is 1.29 bits per heavy atom. The lowest BCUT2D eigenvalue weighted by molar-refractivity contribution is -0.132. The molecule has 0 N–H and O–H groups in total. The molecule has 0 saturated heterocycles. The second-order valence-electron chi connectivity index (χ2n) is 2.65. The molecule has 72 valence electrons. The van der Waals surface area contributed by atoms with Crippen LogP contribution in [0.15, 0.2) is 48.7 Å². The Balaban J connectivity index is 2.46. The van der Waals surface area contributed by atoms with Gasteiger partial charge in [0.25, 0.3) is 0 Å². The van der Waals surface area contributed by atoms with E-state index in [2.05, 4.69) is 0 Å². The summed E-state index contributed by atoms with van der Waals surface area (Å²) in [5.74, 6) is -0.361. The molecule has 0 unspecified atom stereocenters. The van der Waals surface area contributed by atoms with Crippen LogP contribution in [0.5, 0.6) is 0 Å². The summed E-state index contributed by atoms with van der Waals surface area (Å²) >= 11 is 0. The second-order valence-corrected chi connectivity index (χ2v) is 2.65. The van der Waals surface area contributed by atoms with Crippen molar-refractivity contribution >= 4 is 12.0 Å². The fraction of sp³-hybridized carbons (Fsp3) is 0.0833. The maximum absolute atomic E-state index is 10.9. The zero-order valence-electron chi connectivity index (χ0n) is 8.01. The first-order valence-corrected chi connectivity index (χ1v) is 4.38. The van der Waals surface area contributed by atoms with Gasteiger partial charge in [0.05, 0.1) is 6.26 Å². The standard InChI is InChI=1S/C12H12O2/c1-2-6-12(13)14-10-9-11-7-4-3-5-8-11/h2-10H,1H3/b6-2+,10-9-. The van der Waals surface area contributed by atoms with E-state index in [9.17, 15) is 4.79 Å². The Morgan fingerprint density at radius 2 is 2.00 bits per heavy atom. The summed E-state index contributed by atoms with van der Waals surface area (Å²) in [5.41, 5.74) is 1.00. The molecule has 0 aromatic heterocycles. The molecule has 1 rings (SSSR count). The van der Waals surface area contributed by atoms with Crippen LogP contribution in [0, 0.1) is 0 Å². The number of benzene rings is 1. The van der Waals surface area contributed by atoms with E-state index in [1.165, 1.54) is 12.3 Å². The van der Waals surface area contributed by atoms with Crippen molar-refractivity contribution in [2.45, 2.75) is 6.92 Å². The minimum atomic E-state index is -0.361. The molecule has 1 aromatic rings. The van der Waals surface area contributed by atoms with Crippen molar-refractivity contribution in [3.63, 3.8) is 0 Å². The molecule has 2 nitrogen and oxygen atoms in total. The molecule has 1 aromatic carbocycles. The number of carbonyl (C=O) groups is 1. The van der Waals surface area contributed by atoms with Gasteiger partial charge in [-0.15, -0.1) is 0 Å². The summed E-state index contributed by atoms with van der Waals surface area (Å²) in [6.45, 7) is 1.77. The molecular weight excluding hydrogens is 176 g/mol. The smallest absolute Gasteiger partial charge is 0.335 e. The molecule has 14 heavy (non-hydrogen) atoms. The summed E-state index contributed by atoms with van der Waals surface area (Å²) in [6.07, 6.45) is 6.13. The number of allylic oxidation sites excluding steroid dienone is 1. The Morgan fingerprint density at radius 3 is 2.64 bits per heavy atom. The van der Waals surface area contributed by atoms with Crippen molar-refractivity contribution in [2.75, 3.05) is 0 Å². The predicted octanol–water partition coefficient (Wildman–Crippen LogP) is 2.78. The first kappa shape index (κ1) is 10.3. The van der Waals surface area contributed by atoms with Crippen molar-refractivity contribution < 1.29 is 9.53 Å². The average molecular weight is 188 g/mol. The molecule has 0 fully saturated rings. The first-order valence-electron chi connectivity index (χ1n) is 4.38. The second kappa shape index (κ2) is 5.75. The summed E-state index contributed by atoms with van der Waals surface area (Å²) in [4.78, 5) is 10.9. The molecule has 0 heterocycles. The Bertz CT molecular complexity index is 337. The van der Waals surface area contributed by atoms with Crippen LogP contribution in [0.3, 0.4) is 0 Å². The van der Waals surface area contributed by atoms with Gasteiger partial charge in [-0.25, -0.2) is 4.79 Å². The fourth-order valence-electron chi connectivity index (χ4n) is 0.919. The molecule has 0 spiro atoms. The molecule has 2 heteroatoms. The van der Waals surface area contributed by atoms with Crippen LogP contribution in [0.2, 0.25) is 0 Å². The van der Waals surface area contributed by atoms with Gasteiger partial charge in [0, 0.05) is 6.08 Å². The van der Waals surface area contributed by atoms with E-state index in [-0.39, 0.29) is 5.97 Å². The Hall–Kier alpha value is -1.83. The topological polar surface area (TPSA) is 26.3 Å². The quantitative estimate of drug-likeness (QED) is 0.414. The predicted molar refractivity (Wildman–Crippen MR) is 56.4 cm³/mol. The van der Waals surface area contributed by atoms with Crippen LogP contribution in [0.4, 0.5) is 0 Å². The van der Waals surface area contributed by atoms with Crippen molar-refractivity contribution in [3.05, 3.63) is 54.3 Å². The largest absolute Gasteiger partial charge is 0.431 e. The fourth-order valence-corrected chi connectivity index (χ4v) is 0.919. The molecule has 0 radical (unpaired) electrons. The monoisotopic (exact) mass is 188 g/mol. The van der Waals surface area contributed by atoms with Crippen LogP contribution in [-0.4, -0.2) is 5.97 Å². The zero-order valence-corrected chi connectivity index (χ0v) is 8.01. The lowest BCUT2D eigenvalue weighted by Crippen LogP contribution is -1.92. The summed E-state index contributed by atoms with van der Waals surface area (Å²) < 4.78 is 4.78. The van der Waals surface area contributed by atoms with Gasteiger partial charge in [-0.3, -0.25) is 0 Å². The van der Waals surface area contributed by atoms with Gasteiger partial charge in [-0.2, -0.15) is 0 Å². The number of hydrogen-bond acceptors (Lipinski definition) is 2. The summed E-state index contributed by atoms with van der Waals surface area (Å²) in [6, 6.07) is 9.64. The van der Waals surface area contributed by atoms with Crippen LogP contribution < -0.4 is 0 Å². The maximum Gasteiger partial charge on any atom is 0.335 e.